The predicted octanol–water partition coefficient (Wildman–Crippen LogP) is -0.114. The van der Waals surface area contributed by atoms with Crippen LogP contribution in [0.15, 0.2) is 16.3 Å². The van der Waals surface area contributed by atoms with Crippen molar-refractivity contribution in [3.8, 4) is 6.07 Å². The summed E-state index contributed by atoms with van der Waals surface area (Å²) in [6.07, 6.45) is 0. The largest absolute Gasteiger partial charge is 0.378 e. The third-order valence-electron chi connectivity index (χ3n) is 2.47. The molecule has 1 unspecified atom stereocenters. The van der Waals surface area contributed by atoms with Crippen LogP contribution in [0.1, 0.15) is 4.88 Å². The van der Waals surface area contributed by atoms with Gasteiger partial charge >= 0.3 is 0 Å². The highest BCUT2D eigenvalue weighted by atomic mass is 32.2. The van der Waals surface area contributed by atoms with E-state index in [-0.39, 0.29) is 16.8 Å². The summed E-state index contributed by atoms with van der Waals surface area (Å²) < 4.78 is 31.8. The van der Waals surface area contributed by atoms with Crippen LogP contribution in [-0.2, 0) is 14.8 Å². The summed E-state index contributed by atoms with van der Waals surface area (Å²) in [6, 6.07) is 4.85. The summed E-state index contributed by atoms with van der Waals surface area (Å²) >= 11 is 0.963. The van der Waals surface area contributed by atoms with E-state index >= 15 is 0 Å². The fraction of sp³-hybridized carbons (Fsp3) is 0.500. The van der Waals surface area contributed by atoms with Crippen molar-refractivity contribution in [2.75, 3.05) is 26.3 Å². The van der Waals surface area contributed by atoms with E-state index in [1.165, 1.54) is 12.1 Å². The molecule has 18 heavy (non-hydrogen) atoms. The molecule has 2 N–H and O–H groups in total. The van der Waals surface area contributed by atoms with Crippen LogP contribution in [0.5, 0.6) is 0 Å². The minimum atomic E-state index is -3.53. The highest BCUT2D eigenvalue weighted by molar-refractivity contribution is 7.91. The number of ether oxygens (including phenoxy) is 1. The molecule has 0 bridgehead atoms. The van der Waals surface area contributed by atoms with Gasteiger partial charge in [0.1, 0.15) is 15.2 Å². The fourth-order valence-corrected chi connectivity index (χ4v) is 3.79. The molecule has 0 saturated carbocycles. The summed E-state index contributed by atoms with van der Waals surface area (Å²) in [7, 11) is -3.53. The number of hydrogen-bond donors (Lipinski definition) is 2. The first-order chi connectivity index (χ1) is 8.62. The molecule has 2 rings (SSSR count). The maximum absolute atomic E-state index is 11.9. The fourth-order valence-electron chi connectivity index (χ4n) is 1.56. The molecule has 1 atom stereocenters. The molecule has 0 spiro atoms. The van der Waals surface area contributed by atoms with Crippen molar-refractivity contribution in [1.82, 2.24) is 10.0 Å². The molecule has 0 aromatic carbocycles. The quantitative estimate of drug-likeness (QED) is 0.806. The molecule has 1 aromatic heterocycles. The van der Waals surface area contributed by atoms with Gasteiger partial charge in [-0.1, -0.05) is 0 Å². The zero-order valence-electron chi connectivity index (χ0n) is 9.55. The average molecular weight is 287 g/mol. The van der Waals surface area contributed by atoms with Crippen molar-refractivity contribution in [2.24, 2.45) is 0 Å². The second-order valence-corrected chi connectivity index (χ2v) is 6.89. The predicted molar refractivity (Wildman–Crippen MR) is 66.8 cm³/mol. The molecule has 98 valence electrons. The molecule has 1 aliphatic rings. The molecule has 2 heterocycles. The number of morpholine rings is 1. The van der Waals surface area contributed by atoms with Crippen LogP contribution in [0.4, 0.5) is 0 Å². The lowest BCUT2D eigenvalue weighted by Crippen LogP contribution is -2.48. The lowest BCUT2D eigenvalue weighted by atomic mass is 10.3. The van der Waals surface area contributed by atoms with Gasteiger partial charge in [0.05, 0.1) is 13.2 Å². The van der Waals surface area contributed by atoms with Crippen LogP contribution in [0.3, 0.4) is 0 Å². The van der Waals surface area contributed by atoms with Gasteiger partial charge in [0.25, 0.3) is 0 Å². The smallest absolute Gasteiger partial charge is 0.250 e. The van der Waals surface area contributed by atoms with E-state index in [1.807, 2.05) is 6.07 Å². The summed E-state index contributed by atoms with van der Waals surface area (Å²) in [5.74, 6) is 0. The van der Waals surface area contributed by atoms with Crippen LogP contribution in [0.25, 0.3) is 0 Å². The zero-order valence-corrected chi connectivity index (χ0v) is 11.2. The van der Waals surface area contributed by atoms with E-state index in [2.05, 4.69) is 10.0 Å². The first-order valence-electron chi connectivity index (χ1n) is 5.42. The van der Waals surface area contributed by atoms with E-state index in [0.717, 1.165) is 17.9 Å². The molecule has 0 amide bonds. The van der Waals surface area contributed by atoms with Gasteiger partial charge in [-0.15, -0.1) is 11.3 Å². The molecule has 1 aliphatic heterocycles. The normalized spacial score (nSPS) is 20.5. The van der Waals surface area contributed by atoms with Gasteiger partial charge in [-0.25, -0.2) is 13.1 Å². The molecule has 0 radical (unpaired) electrons. The van der Waals surface area contributed by atoms with Crippen LogP contribution >= 0.6 is 11.3 Å². The van der Waals surface area contributed by atoms with E-state index in [4.69, 9.17) is 10.00 Å². The van der Waals surface area contributed by atoms with E-state index in [9.17, 15) is 8.42 Å². The Balaban J connectivity index is 1.96. The first kappa shape index (κ1) is 13.5. The number of nitrogens with zero attached hydrogens (tertiary/aromatic N) is 1. The Morgan fingerprint density at radius 2 is 2.44 bits per heavy atom. The standard InChI is InChI=1S/C10H13N3O3S2/c11-5-9-1-2-10(17-9)18(14,15)13-6-8-7-16-4-3-12-8/h1-2,8,12-13H,3-4,6-7H2. The summed E-state index contributed by atoms with van der Waals surface area (Å²) in [4.78, 5) is 0.384. The number of thiophene rings is 1. The third-order valence-corrected chi connectivity index (χ3v) is 5.38. The van der Waals surface area contributed by atoms with Crippen LogP contribution in [0, 0.1) is 11.3 Å². The van der Waals surface area contributed by atoms with Crippen LogP contribution in [-0.4, -0.2) is 40.8 Å². The van der Waals surface area contributed by atoms with Crippen molar-refractivity contribution < 1.29 is 13.2 Å². The minimum Gasteiger partial charge on any atom is -0.378 e. The lowest BCUT2D eigenvalue weighted by Gasteiger charge is -2.23. The Hall–Kier alpha value is -0.980. The first-order valence-corrected chi connectivity index (χ1v) is 7.72. The Kier molecular flexibility index (Phi) is 4.31. The SMILES string of the molecule is N#Cc1ccc(S(=O)(=O)NCC2COCCN2)s1. The highest BCUT2D eigenvalue weighted by Crippen LogP contribution is 2.20. The minimum absolute atomic E-state index is 0.0103. The molecule has 6 nitrogen and oxygen atoms in total. The van der Waals surface area contributed by atoms with Crippen LogP contribution in [0.2, 0.25) is 0 Å². The second-order valence-electron chi connectivity index (χ2n) is 3.81. The van der Waals surface area contributed by atoms with Gasteiger partial charge in [0.2, 0.25) is 10.0 Å². The summed E-state index contributed by atoms with van der Waals surface area (Å²) in [5, 5.41) is 11.8. The second kappa shape index (κ2) is 5.77. The monoisotopic (exact) mass is 287 g/mol. The number of sulfonamides is 1. The van der Waals surface area contributed by atoms with Crippen molar-refractivity contribution >= 4 is 21.4 Å². The maximum Gasteiger partial charge on any atom is 0.250 e. The lowest BCUT2D eigenvalue weighted by molar-refractivity contribution is 0.0784. The van der Waals surface area contributed by atoms with E-state index in [0.29, 0.717) is 18.1 Å². The topological polar surface area (TPSA) is 91.2 Å². The van der Waals surface area contributed by atoms with Gasteiger partial charge in [-0.05, 0) is 12.1 Å². The number of nitrogens with one attached hydrogen (secondary N) is 2. The highest BCUT2D eigenvalue weighted by Gasteiger charge is 2.20. The summed E-state index contributed by atoms with van der Waals surface area (Å²) in [5.41, 5.74) is 0. The third kappa shape index (κ3) is 3.28. The Labute approximate surface area is 110 Å². The Morgan fingerprint density at radius 1 is 1.61 bits per heavy atom. The number of rotatable bonds is 4. The van der Waals surface area contributed by atoms with Gasteiger partial charge in [-0.2, -0.15) is 5.26 Å². The Morgan fingerprint density at radius 3 is 3.06 bits per heavy atom. The van der Waals surface area contributed by atoms with Crippen molar-refractivity contribution in [3.63, 3.8) is 0 Å². The summed E-state index contributed by atoms with van der Waals surface area (Å²) in [6.45, 7) is 2.15. The molecule has 1 fully saturated rings. The van der Waals surface area contributed by atoms with Crippen molar-refractivity contribution in [2.45, 2.75) is 10.3 Å². The molecular weight excluding hydrogens is 274 g/mol. The average Bonchev–Trinajstić information content (AvgIpc) is 2.87. The maximum atomic E-state index is 11.9. The van der Waals surface area contributed by atoms with E-state index in [1.54, 1.807) is 0 Å². The molecule has 8 heteroatoms. The van der Waals surface area contributed by atoms with Gasteiger partial charge in [-0.3, -0.25) is 0 Å². The van der Waals surface area contributed by atoms with Crippen molar-refractivity contribution in [3.05, 3.63) is 17.0 Å². The van der Waals surface area contributed by atoms with Gasteiger partial charge in [0.15, 0.2) is 0 Å². The zero-order chi connectivity index (χ0) is 13.0. The molecular formula is C10H13N3O3S2. The van der Waals surface area contributed by atoms with Gasteiger partial charge < -0.3 is 10.1 Å². The van der Waals surface area contributed by atoms with E-state index < -0.39 is 10.0 Å². The molecule has 0 aliphatic carbocycles. The number of hydrogen-bond acceptors (Lipinski definition) is 6. The Bertz CT molecular complexity index is 541. The van der Waals surface area contributed by atoms with Crippen molar-refractivity contribution in [1.29, 1.82) is 5.26 Å². The number of nitriles is 1. The molecule has 1 aromatic rings. The molecule has 1 saturated heterocycles. The van der Waals surface area contributed by atoms with Crippen LogP contribution < -0.4 is 10.0 Å². The van der Waals surface area contributed by atoms with Gasteiger partial charge in [0, 0.05) is 19.1 Å².